The van der Waals surface area contributed by atoms with Crippen molar-refractivity contribution >= 4 is 16.0 Å². The lowest BCUT2D eigenvalue weighted by atomic mass is 10.2. The molecule has 0 unspecified atom stereocenters. The summed E-state index contributed by atoms with van der Waals surface area (Å²) < 4.78 is 64.0. The van der Waals surface area contributed by atoms with Crippen LogP contribution < -0.4 is 0 Å². The Labute approximate surface area is 112 Å². The zero-order valence-electron chi connectivity index (χ0n) is 10.0. The van der Waals surface area contributed by atoms with Crippen LogP contribution in [0.25, 0.3) is 0 Å². The number of rotatable bonds is 3. The SMILES string of the molecule is O=C(O)[C@H]1CCCN1S(=O)(=O)c1cc(F)c(F)c(F)c1. The number of hydrogen-bond donors (Lipinski definition) is 1. The minimum absolute atomic E-state index is 0.0695. The van der Waals surface area contributed by atoms with Crippen molar-refractivity contribution in [2.24, 2.45) is 0 Å². The molecule has 1 saturated heterocycles. The average Bonchev–Trinajstić information content (AvgIpc) is 2.85. The first-order valence-corrected chi connectivity index (χ1v) is 7.08. The smallest absolute Gasteiger partial charge is 0.322 e. The summed E-state index contributed by atoms with van der Waals surface area (Å²) >= 11 is 0. The fraction of sp³-hybridized carbons (Fsp3) is 0.364. The molecule has 1 aromatic rings. The lowest BCUT2D eigenvalue weighted by Gasteiger charge is -2.21. The number of hydrogen-bond acceptors (Lipinski definition) is 3. The van der Waals surface area contributed by atoms with Crippen LogP contribution in [0.4, 0.5) is 13.2 Å². The molecule has 1 aliphatic heterocycles. The predicted octanol–water partition coefficient (Wildman–Crippen LogP) is 1.34. The van der Waals surface area contributed by atoms with Gasteiger partial charge >= 0.3 is 5.97 Å². The first-order chi connectivity index (χ1) is 9.25. The van der Waals surface area contributed by atoms with Crippen molar-refractivity contribution in [3.8, 4) is 0 Å². The van der Waals surface area contributed by atoms with Crippen LogP contribution in [0.1, 0.15) is 12.8 Å². The third kappa shape index (κ3) is 2.38. The van der Waals surface area contributed by atoms with E-state index in [2.05, 4.69) is 0 Å². The van der Waals surface area contributed by atoms with E-state index in [4.69, 9.17) is 5.11 Å². The topological polar surface area (TPSA) is 74.7 Å². The van der Waals surface area contributed by atoms with Gasteiger partial charge in [-0.05, 0) is 25.0 Å². The highest BCUT2D eigenvalue weighted by Crippen LogP contribution is 2.27. The zero-order chi connectivity index (χ0) is 15.1. The molecule has 0 bridgehead atoms. The standard InChI is InChI=1S/C11H10F3NO4S/c12-7-4-6(5-8(13)10(7)14)20(18,19)15-3-1-2-9(15)11(16)17/h4-5,9H,1-3H2,(H,16,17)/t9-/m1/s1. The fourth-order valence-corrected chi connectivity index (χ4v) is 3.77. The van der Waals surface area contributed by atoms with Crippen molar-refractivity contribution in [1.29, 1.82) is 0 Å². The van der Waals surface area contributed by atoms with E-state index in [1.165, 1.54) is 0 Å². The highest BCUT2D eigenvalue weighted by Gasteiger charge is 2.40. The lowest BCUT2D eigenvalue weighted by Crippen LogP contribution is -2.40. The Morgan fingerprint density at radius 3 is 2.30 bits per heavy atom. The molecule has 5 nitrogen and oxygen atoms in total. The Balaban J connectivity index is 2.48. The maximum Gasteiger partial charge on any atom is 0.322 e. The van der Waals surface area contributed by atoms with Gasteiger partial charge in [0.2, 0.25) is 10.0 Å². The van der Waals surface area contributed by atoms with Crippen molar-refractivity contribution in [2.75, 3.05) is 6.54 Å². The quantitative estimate of drug-likeness (QED) is 0.855. The van der Waals surface area contributed by atoms with Gasteiger partial charge in [0.1, 0.15) is 6.04 Å². The monoisotopic (exact) mass is 309 g/mol. The van der Waals surface area contributed by atoms with Crippen LogP contribution in [-0.4, -0.2) is 36.4 Å². The van der Waals surface area contributed by atoms with Gasteiger partial charge in [0.15, 0.2) is 17.5 Å². The van der Waals surface area contributed by atoms with Crippen LogP contribution in [-0.2, 0) is 14.8 Å². The highest BCUT2D eigenvalue weighted by molar-refractivity contribution is 7.89. The summed E-state index contributed by atoms with van der Waals surface area (Å²) in [6.07, 6.45) is 0.434. The number of nitrogens with zero attached hydrogens (tertiary/aromatic N) is 1. The van der Waals surface area contributed by atoms with E-state index in [0.717, 1.165) is 0 Å². The van der Waals surface area contributed by atoms with Gasteiger partial charge in [-0.3, -0.25) is 4.79 Å². The molecule has 0 amide bonds. The maximum atomic E-state index is 13.1. The number of carboxylic acids is 1. The van der Waals surface area contributed by atoms with E-state index in [1.807, 2.05) is 0 Å². The molecule has 110 valence electrons. The van der Waals surface area contributed by atoms with Gasteiger partial charge < -0.3 is 5.11 Å². The summed E-state index contributed by atoms with van der Waals surface area (Å²) in [5, 5.41) is 8.93. The molecule has 1 aromatic carbocycles. The van der Waals surface area contributed by atoms with Crippen LogP contribution in [0.5, 0.6) is 0 Å². The van der Waals surface area contributed by atoms with Crippen molar-refractivity contribution in [3.05, 3.63) is 29.6 Å². The minimum atomic E-state index is -4.39. The second-order valence-corrected chi connectivity index (χ2v) is 6.20. The van der Waals surface area contributed by atoms with Crippen molar-refractivity contribution in [1.82, 2.24) is 4.31 Å². The molecular weight excluding hydrogens is 299 g/mol. The Morgan fingerprint density at radius 2 is 1.80 bits per heavy atom. The lowest BCUT2D eigenvalue weighted by molar-refractivity contribution is -0.140. The van der Waals surface area contributed by atoms with Crippen molar-refractivity contribution in [2.45, 2.75) is 23.8 Å². The van der Waals surface area contributed by atoms with Gasteiger partial charge in [-0.2, -0.15) is 4.31 Å². The van der Waals surface area contributed by atoms with Gasteiger partial charge in [0.25, 0.3) is 0 Å². The number of carboxylic acid groups (broad SMARTS) is 1. The first-order valence-electron chi connectivity index (χ1n) is 5.64. The van der Waals surface area contributed by atoms with E-state index >= 15 is 0 Å². The molecule has 1 atom stereocenters. The largest absolute Gasteiger partial charge is 0.480 e. The van der Waals surface area contributed by atoms with Crippen LogP contribution in [0.3, 0.4) is 0 Å². The number of sulfonamides is 1. The van der Waals surface area contributed by atoms with E-state index in [9.17, 15) is 26.4 Å². The Bertz CT molecular complexity index is 639. The van der Waals surface area contributed by atoms with Gasteiger partial charge in [-0.15, -0.1) is 0 Å². The molecule has 0 radical (unpaired) electrons. The molecular formula is C11H10F3NO4S. The number of carbonyl (C=O) groups is 1. The average molecular weight is 309 g/mol. The summed E-state index contributed by atoms with van der Waals surface area (Å²) in [5.41, 5.74) is 0. The molecule has 1 heterocycles. The molecule has 0 saturated carbocycles. The molecule has 1 fully saturated rings. The highest BCUT2D eigenvalue weighted by atomic mass is 32.2. The molecule has 1 N–H and O–H groups in total. The van der Waals surface area contributed by atoms with Crippen LogP contribution >= 0.6 is 0 Å². The predicted molar refractivity (Wildman–Crippen MR) is 60.9 cm³/mol. The molecule has 0 aromatic heterocycles. The minimum Gasteiger partial charge on any atom is -0.480 e. The van der Waals surface area contributed by atoms with E-state index in [0.29, 0.717) is 22.9 Å². The maximum absolute atomic E-state index is 13.1. The van der Waals surface area contributed by atoms with Gasteiger partial charge in [-0.25, -0.2) is 21.6 Å². The summed E-state index contributed by atoms with van der Waals surface area (Å²) in [4.78, 5) is 10.2. The Hall–Kier alpha value is -1.61. The second-order valence-electron chi connectivity index (χ2n) is 4.31. The Morgan fingerprint density at radius 1 is 1.25 bits per heavy atom. The van der Waals surface area contributed by atoms with Crippen LogP contribution in [0.2, 0.25) is 0 Å². The van der Waals surface area contributed by atoms with Crippen LogP contribution in [0.15, 0.2) is 17.0 Å². The second kappa shape index (κ2) is 5.06. The van der Waals surface area contributed by atoms with E-state index in [-0.39, 0.29) is 13.0 Å². The van der Waals surface area contributed by atoms with E-state index < -0.39 is 44.4 Å². The molecule has 9 heteroatoms. The first kappa shape index (κ1) is 14.8. The summed E-state index contributed by atoms with van der Waals surface area (Å²) in [7, 11) is -4.39. The van der Waals surface area contributed by atoms with Crippen molar-refractivity contribution in [3.63, 3.8) is 0 Å². The summed E-state index contributed by atoms with van der Waals surface area (Å²) in [6, 6.07) is -0.605. The molecule has 0 aliphatic carbocycles. The summed E-state index contributed by atoms with van der Waals surface area (Å²) in [5.74, 6) is -6.40. The van der Waals surface area contributed by atoms with E-state index in [1.54, 1.807) is 0 Å². The van der Waals surface area contributed by atoms with Gasteiger partial charge in [0, 0.05) is 6.54 Å². The molecule has 0 spiro atoms. The fourth-order valence-electron chi connectivity index (χ4n) is 2.09. The van der Waals surface area contributed by atoms with Crippen LogP contribution in [0, 0.1) is 17.5 Å². The molecule has 2 rings (SSSR count). The third-order valence-electron chi connectivity index (χ3n) is 3.05. The van der Waals surface area contributed by atoms with Gasteiger partial charge in [0.05, 0.1) is 4.90 Å². The zero-order valence-corrected chi connectivity index (χ0v) is 10.8. The Kier molecular flexibility index (Phi) is 3.74. The number of halogens is 3. The normalized spacial score (nSPS) is 20.2. The molecule has 1 aliphatic rings. The number of benzene rings is 1. The molecule has 20 heavy (non-hydrogen) atoms. The van der Waals surface area contributed by atoms with Gasteiger partial charge in [-0.1, -0.05) is 0 Å². The number of aliphatic carboxylic acids is 1. The third-order valence-corrected chi connectivity index (χ3v) is 4.94. The summed E-state index contributed by atoms with van der Waals surface area (Å²) in [6.45, 7) is -0.0695. The van der Waals surface area contributed by atoms with Crippen molar-refractivity contribution < 1.29 is 31.5 Å².